The van der Waals surface area contributed by atoms with Gasteiger partial charge in [0.15, 0.2) is 0 Å². The second-order valence-corrected chi connectivity index (χ2v) is 7.08. The van der Waals surface area contributed by atoms with Gasteiger partial charge in [-0.05, 0) is 13.8 Å². The lowest BCUT2D eigenvalue weighted by Crippen LogP contribution is -2.36. The highest BCUT2D eigenvalue weighted by Crippen LogP contribution is 2.47. The summed E-state index contributed by atoms with van der Waals surface area (Å²) in [7, 11) is -4.50. The molecule has 0 bridgehead atoms. The molecule has 130 valence electrons. The Kier molecular flexibility index (Phi) is 5.98. The standard InChI is InChI=1S/C12H23O9P/c1-6-3-8(14)10(19-6)5-18-22(16,17)21-12-9(4-13)20-7(2)11(12)15/h6-15H,3-5H2,1-2H3,(H,16,17)/t6-,7-,8-,9+,10+,11-,12+/m0/s1. The molecular formula is C12H23O9P. The third-order valence-corrected chi connectivity index (χ3v) is 4.81. The monoisotopic (exact) mass is 342 g/mol. The van der Waals surface area contributed by atoms with Gasteiger partial charge in [-0.3, -0.25) is 9.05 Å². The molecular weight excluding hydrogens is 319 g/mol. The normalized spacial score (nSPS) is 45.1. The van der Waals surface area contributed by atoms with Crippen LogP contribution in [0.5, 0.6) is 0 Å². The first-order valence-corrected chi connectivity index (χ1v) is 8.66. The van der Waals surface area contributed by atoms with Crippen molar-refractivity contribution in [2.75, 3.05) is 13.2 Å². The summed E-state index contributed by atoms with van der Waals surface area (Å²) in [6, 6.07) is 0. The number of hydrogen-bond donors (Lipinski definition) is 4. The highest BCUT2D eigenvalue weighted by molar-refractivity contribution is 7.47. The van der Waals surface area contributed by atoms with Crippen LogP contribution in [0.25, 0.3) is 0 Å². The second kappa shape index (κ2) is 7.21. The molecule has 2 rings (SSSR count). The zero-order valence-electron chi connectivity index (χ0n) is 12.4. The maximum absolute atomic E-state index is 12.0. The Labute approximate surface area is 128 Å². The topological polar surface area (TPSA) is 135 Å². The van der Waals surface area contributed by atoms with Gasteiger partial charge in [0.05, 0.1) is 31.5 Å². The van der Waals surface area contributed by atoms with E-state index in [1.165, 1.54) is 0 Å². The molecule has 0 radical (unpaired) electrons. The lowest BCUT2D eigenvalue weighted by Gasteiger charge is -2.23. The Bertz CT molecular complexity index is 419. The van der Waals surface area contributed by atoms with Crippen molar-refractivity contribution in [3.05, 3.63) is 0 Å². The third kappa shape index (κ3) is 4.25. The van der Waals surface area contributed by atoms with E-state index in [-0.39, 0.29) is 12.7 Å². The van der Waals surface area contributed by atoms with Crippen molar-refractivity contribution < 1.29 is 43.3 Å². The molecule has 2 fully saturated rings. The van der Waals surface area contributed by atoms with E-state index in [0.29, 0.717) is 6.42 Å². The quantitative estimate of drug-likeness (QED) is 0.456. The molecule has 0 aromatic carbocycles. The van der Waals surface area contributed by atoms with Crippen LogP contribution in [0.2, 0.25) is 0 Å². The summed E-state index contributed by atoms with van der Waals surface area (Å²) in [5.41, 5.74) is 0. The van der Waals surface area contributed by atoms with Gasteiger partial charge >= 0.3 is 7.82 Å². The Hall–Kier alpha value is -0.0900. The summed E-state index contributed by atoms with van der Waals surface area (Å²) >= 11 is 0. The lowest BCUT2D eigenvalue weighted by atomic mass is 10.1. The molecule has 8 atom stereocenters. The molecule has 2 saturated heterocycles. The highest BCUT2D eigenvalue weighted by Gasteiger charge is 2.46. The SMILES string of the molecule is C[C@@H]1O[C@H](CO)[C@@H](OP(=O)(O)OC[C@H]2O[C@@H](C)C[C@@H]2O)[C@H]1O. The van der Waals surface area contributed by atoms with Crippen molar-refractivity contribution in [3.63, 3.8) is 0 Å². The van der Waals surface area contributed by atoms with E-state index >= 15 is 0 Å². The maximum Gasteiger partial charge on any atom is 0.472 e. The summed E-state index contributed by atoms with van der Waals surface area (Å²) in [4.78, 5) is 9.73. The maximum atomic E-state index is 12.0. The van der Waals surface area contributed by atoms with Crippen LogP contribution in [0.1, 0.15) is 20.3 Å². The lowest BCUT2D eigenvalue weighted by molar-refractivity contribution is -0.0374. The van der Waals surface area contributed by atoms with Crippen LogP contribution in [0.4, 0.5) is 0 Å². The van der Waals surface area contributed by atoms with E-state index in [2.05, 4.69) is 0 Å². The highest BCUT2D eigenvalue weighted by atomic mass is 31.2. The Morgan fingerprint density at radius 1 is 1.23 bits per heavy atom. The van der Waals surface area contributed by atoms with Gasteiger partial charge in [0, 0.05) is 6.42 Å². The van der Waals surface area contributed by atoms with Gasteiger partial charge < -0.3 is 29.7 Å². The number of aliphatic hydroxyl groups is 3. The van der Waals surface area contributed by atoms with Crippen molar-refractivity contribution in [1.82, 2.24) is 0 Å². The Balaban J connectivity index is 1.89. The zero-order valence-corrected chi connectivity index (χ0v) is 13.3. The van der Waals surface area contributed by atoms with Crippen molar-refractivity contribution in [1.29, 1.82) is 0 Å². The van der Waals surface area contributed by atoms with Crippen LogP contribution in [-0.2, 0) is 23.1 Å². The molecule has 2 aliphatic rings. The van der Waals surface area contributed by atoms with Gasteiger partial charge in [0.2, 0.25) is 0 Å². The molecule has 2 aliphatic heterocycles. The Morgan fingerprint density at radius 3 is 2.45 bits per heavy atom. The molecule has 0 spiro atoms. The van der Waals surface area contributed by atoms with E-state index < -0.39 is 51.1 Å². The van der Waals surface area contributed by atoms with Crippen molar-refractivity contribution in [2.45, 2.75) is 63.0 Å². The number of aliphatic hydroxyl groups excluding tert-OH is 3. The van der Waals surface area contributed by atoms with E-state index in [1.54, 1.807) is 13.8 Å². The number of ether oxygens (including phenoxy) is 2. The van der Waals surface area contributed by atoms with E-state index in [4.69, 9.17) is 23.6 Å². The first-order valence-electron chi connectivity index (χ1n) is 7.17. The van der Waals surface area contributed by atoms with E-state index in [1.807, 2.05) is 0 Å². The van der Waals surface area contributed by atoms with Gasteiger partial charge in [-0.1, -0.05) is 0 Å². The molecule has 9 nitrogen and oxygen atoms in total. The molecule has 0 saturated carbocycles. The van der Waals surface area contributed by atoms with Crippen LogP contribution in [0.3, 0.4) is 0 Å². The van der Waals surface area contributed by atoms with Gasteiger partial charge in [-0.15, -0.1) is 0 Å². The molecule has 0 amide bonds. The van der Waals surface area contributed by atoms with Crippen LogP contribution >= 0.6 is 7.82 Å². The van der Waals surface area contributed by atoms with Gasteiger partial charge in [-0.25, -0.2) is 4.57 Å². The predicted molar refractivity (Wildman–Crippen MR) is 73.0 cm³/mol. The molecule has 4 N–H and O–H groups in total. The molecule has 0 aromatic rings. The smallest absolute Gasteiger partial charge is 0.394 e. The average Bonchev–Trinajstić information content (AvgIpc) is 2.89. The second-order valence-electron chi connectivity index (χ2n) is 5.68. The summed E-state index contributed by atoms with van der Waals surface area (Å²) in [6.07, 6.45) is -5.11. The van der Waals surface area contributed by atoms with Gasteiger partial charge in [-0.2, -0.15) is 0 Å². The van der Waals surface area contributed by atoms with E-state index in [0.717, 1.165) is 0 Å². The zero-order chi connectivity index (χ0) is 16.5. The van der Waals surface area contributed by atoms with Crippen LogP contribution in [-0.4, -0.2) is 76.2 Å². The molecule has 10 heteroatoms. The van der Waals surface area contributed by atoms with Crippen molar-refractivity contribution in [2.24, 2.45) is 0 Å². The fourth-order valence-electron chi connectivity index (χ4n) is 2.64. The van der Waals surface area contributed by atoms with Gasteiger partial charge in [0.25, 0.3) is 0 Å². The minimum atomic E-state index is -4.50. The molecule has 1 unspecified atom stereocenters. The largest absolute Gasteiger partial charge is 0.472 e. The summed E-state index contributed by atoms with van der Waals surface area (Å²) in [5, 5.41) is 28.7. The fourth-order valence-corrected chi connectivity index (χ4v) is 3.60. The average molecular weight is 342 g/mol. The summed E-state index contributed by atoms with van der Waals surface area (Å²) in [6.45, 7) is 2.55. The Morgan fingerprint density at radius 2 is 1.91 bits per heavy atom. The minimum absolute atomic E-state index is 0.160. The molecule has 0 aliphatic carbocycles. The summed E-state index contributed by atoms with van der Waals surface area (Å²) in [5.74, 6) is 0. The van der Waals surface area contributed by atoms with Crippen LogP contribution in [0, 0.1) is 0 Å². The number of rotatable bonds is 6. The van der Waals surface area contributed by atoms with Crippen LogP contribution < -0.4 is 0 Å². The van der Waals surface area contributed by atoms with Crippen molar-refractivity contribution in [3.8, 4) is 0 Å². The van der Waals surface area contributed by atoms with Gasteiger partial charge in [0.1, 0.15) is 24.4 Å². The first kappa shape index (κ1) is 18.3. The number of hydrogen-bond acceptors (Lipinski definition) is 8. The van der Waals surface area contributed by atoms with E-state index in [9.17, 15) is 19.7 Å². The minimum Gasteiger partial charge on any atom is -0.394 e. The number of phosphoric ester groups is 1. The predicted octanol–water partition coefficient (Wildman–Crippen LogP) is -0.833. The molecule has 22 heavy (non-hydrogen) atoms. The van der Waals surface area contributed by atoms with Crippen LogP contribution in [0.15, 0.2) is 0 Å². The third-order valence-electron chi connectivity index (χ3n) is 3.82. The molecule has 0 aromatic heterocycles. The summed E-state index contributed by atoms with van der Waals surface area (Å²) < 4.78 is 32.3. The number of phosphoric acid groups is 1. The van der Waals surface area contributed by atoms with Crippen molar-refractivity contribution >= 4 is 7.82 Å². The fraction of sp³-hybridized carbons (Fsp3) is 1.00. The first-order chi connectivity index (χ1) is 10.2. The molecule has 2 heterocycles.